The molecule has 7 heteroatoms. The summed E-state index contributed by atoms with van der Waals surface area (Å²) in [4.78, 5) is 24.7. The maximum atomic E-state index is 13.1. The van der Waals surface area contributed by atoms with E-state index in [0.29, 0.717) is 5.52 Å². The highest BCUT2D eigenvalue weighted by Gasteiger charge is 2.19. The monoisotopic (exact) mass is 342 g/mol. The zero-order chi connectivity index (χ0) is 18.0. The van der Waals surface area contributed by atoms with E-state index in [1.54, 1.807) is 30.5 Å². The van der Waals surface area contributed by atoms with Crippen molar-refractivity contribution in [2.75, 3.05) is 0 Å². The molecule has 6 nitrogen and oxygen atoms in total. The van der Waals surface area contributed by atoms with Crippen LogP contribution in [0, 0.1) is 11.7 Å². The Hall–Kier alpha value is -2.96. The van der Waals surface area contributed by atoms with Gasteiger partial charge in [-0.3, -0.25) is 9.20 Å². The van der Waals surface area contributed by atoms with Crippen LogP contribution in [0.4, 0.5) is 4.39 Å². The molecule has 0 aliphatic heterocycles. The summed E-state index contributed by atoms with van der Waals surface area (Å²) in [5, 5.41) is 6.93. The predicted octanol–water partition coefficient (Wildman–Crippen LogP) is 2.15. The summed E-state index contributed by atoms with van der Waals surface area (Å²) in [5.74, 6) is -0.552. The average Bonchev–Trinajstić information content (AvgIpc) is 3.05. The molecule has 0 saturated carbocycles. The van der Waals surface area contributed by atoms with E-state index in [9.17, 15) is 14.0 Å². The molecule has 0 radical (unpaired) electrons. The minimum atomic E-state index is -0.375. The van der Waals surface area contributed by atoms with Crippen LogP contribution in [0.15, 0.2) is 53.6 Å². The van der Waals surface area contributed by atoms with Gasteiger partial charge in [0.25, 0.3) is 0 Å². The normalized spacial score (nSPS) is 12.5. The third-order valence-corrected chi connectivity index (χ3v) is 4.04. The minimum Gasteiger partial charge on any atom is -0.347 e. The van der Waals surface area contributed by atoms with Crippen LogP contribution in [0.2, 0.25) is 0 Å². The van der Waals surface area contributed by atoms with Gasteiger partial charge in [-0.05, 0) is 35.7 Å². The molecule has 3 aromatic rings. The quantitative estimate of drug-likeness (QED) is 0.772. The van der Waals surface area contributed by atoms with Crippen LogP contribution in [0.1, 0.15) is 25.5 Å². The van der Waals surface area contributed by atoms with Gasteiger partial charge in [0.15, 0.2) is 0 Å². The lowest BCUT2D eigenvalue weighted by Gasteiger charge is -2.23. The van der Waals surface area contributed by atoms with Crippen LogP contribution >= 0.6 is 0 Å². The number of benzene rings is 1. The van der Waals surface area contributed by atoms with E-state index in [-0.39, 0.29) is 35.9 Å². The van der Waals surface area contributed by atoms with Gasteiger partial charge in [-0.15, -0.1) is 0 Å². The van der Waals surface area contributed by atoms with E-state index in [1.807, 2.05) is 13.8 Å². The summed E-state index contributed by atoms with van der Waals surface area (Å²) in [6, 6.07) is 9.26. The summed E-state index contributed by atoms with van der Waals surface area (Å²) in [7, 11) is 0. The summed E-state index contributed by atoms with van der Waals surface area (Å²) in [6.45, 7) is 3.74. The van der Waals surface area contributed by atoms with Gasteiger partial charge in [0, 0.05) is 6.20 Å². The highest BCUT2D eigenvalue weighted by Crippen LogP contribution is 2.21. The van der Waals surface area contributed by atoms with E-state index < -0.39 is 0 Å². The SMILES string of the molecule is CC(C)C(NC(=O)Cn1ncc2cccn2c1=O)c1ccc(F)cc1. The van der Waals surface area contributed by atoms with Crippen molar-refractivity contribution in [2.24, 2.45) is 5.92 Å². The number of aromatic nitrogens is 3. The van der Waals surface area contributed by atoms with Crippen LogP contribution in [-0.2, 0) is 11.3 Å². The van der Waals surface area contributed by atoms with E-state index >= 15 is 0 Å². The zero-order valence-corrected chi connectivity index (χ0v) is 14.0. The molecule has 0 aliphatic carbocycles. The molecule has 130 valence electrons. The summed E-state index contributed by atoms with van der Waals surface area (Å²) in [5.41, 5.74) is 1.11. The molecular formula is C18H19FN4O2. The number of rotatable bonds is 5. The van der Waals surface area contributed by atoms with Gasteiger partial charge in [0.1, 0.15) is 12.4 Å². The Bertz CT molecular complexity index is 944. The standard InChI is InChI=1S/C18H19FN4O2/c1-12(2)17(13-5-7-14(19)8-6-13)21-16(24)11-23-18(25)22-9-3-4-15(22)10-20-23/h3-10,12,17H,11H2,1-2H3,(H,21,24). The number of halogens is 1. The van der Waals surface area contributed by atoms with Crippen LogP contribution in [-0.4, -0.2) is 20.1 Å². The predicted molar refractivity (Wildman–Crippen MR) is 91.6 cm³/mol. The van der Waals surface area contributed by atoms with E-state index in [4.69, 9.17) is 0 Å². The van der Waals surface area contributed by atoms with Crippen molar-refractivity contribution in [1.82, 2.24) is 19.5 Å². The van der Waals surface area contributed by atoms with Crippen molar-refractivity contribution in [2.45, 2.75) is 26.4 Å². The molecule has 0 bridgehead atoms. The number of hydrogen-bond acceptors (Lipinski definition) is 3. The lowest BCUT2D eigenvalue weighted by molar-refractivity contribution is -0.123. The molecule has 0 aliphatic rings. The summed E-state index contributed by atoms with van der Waals surface area (Å²) >= 11 is 0. The molecule has 25 heavy (non-hydrogen) atoms. The fraction of sp³-hybridized carbons (Fsp3) is 0.278. The van der Waals surface area contributed by atoms with Crippen molar-refractivity contribution in [1.29, 1.82) is 0 Å². The Balaban J connectivity index is 1.78. The molecule has 2 aromatic heterocycles. The second-order valence-electron chi connectivity index (χ2n) is 6.23. The Labute approximate surface area is 143 Å². The van der Waals surface area contributed by atoms with Gasteiger partial charge in [0.2, 0.25) is 5.91 Å². The largest absolute Gasteiger partial charge is 0.349 e. The zero-order valence-electron chi connectivity index (χ0n) is 14.0. The van der Waals surface area contributed by atoms with E-state index in [0.717, 1.165) is 10.2 Å². The Morgan fingerprint density at radius 2 is 1.96 bits per heavy atom. The Morgan fingerprint density at radius 3 is 2.64 bits per heavy atom. The molecule has 1 amide bonds. The maximum absolute atomic E-state index is 13.1. The van der Waals surface area contributed by atoms with E-state index in [1.165, 1.54) is 22.7 Å². The lowest BCUT2D eigenvalue weighted by Crippen LogP contribution is -2.38. The molecule has 1 aromatic carbocycles. The number of hydrogen-bond donors (Lipinski definition) is 1. The van der Waals surface area contributed by atoms with Gasteiger partial charge in [-0.1, -0.05) is 26.0 Å². The topological polar surface area (TPSA) is 68.4 Å². The van der Waals surface area contributed by atoms with Crippen LogP contribution in [0.3, 0.4) is 0 Å². The molecular weight excluding hydrogens is 323 g/mol. The van der Waals surface area contributed by atoms with Gasteiger partial charge < -0.3 is 5.32 Å². The first-order chi connectivity index (χ1) is 12.0. The number of nitrogens with one attached hydrogen (secondary N) is 1. The second kappa shape index (κ2) is 6.88. The number of amides is 1. The van der Waals surface area contributed by atoms with Crippen molar-refractivity contribution in [3.05, 3.63) is 70.7 Å². The second-order valence-corrected chi connectivity index (χ2v) is 6.23. The van der Waals surface area contributed by atoms with Crippen molar-refractivity contribution < 1.29 is 9.18 Å². The number of carbonyl (C=O) groups excluding carboxylic acids is 1. The van der Waals surface area contributed by atoms with E-state index in [2.05, 4.69) is 10.4 Å². The van der Waals surface area contributed by atoms with Gasteiger partial charge in [-0.2, -0.15) is 5.10 Å². The average molecular weight is 342 g/mol. The minimum absolute atomic E-state index is 0.103. The molecule has 3 rings (SSSR count). The highest BCUT2D eigenvalue weighted by molar-refractivity contribution is 5.76. The van der Waals surface area contributed by atoms with Crippen molar-refractivity contribution in [3.63, 3.8) is 0 Å². The van der Waals surface area contributed by atoms with Gasteiger partial charge in [0.05, 0.1) is 17.8 Å². The first kappa shape index (κ1) is 16.9. The first-order valence-electron chi connectivity index (χ1n) is 8.03. The smallest absolute Gasteiger partial charge is 0.347 e. The molecule has 1 N–H and O–H groups in total. The molecule has 1 atom stereocenters. The van der Waals surface area contributed by atoms with Crippen LogP contribution < -0.4 is 11.0 Å². The maximum Gasteiger partial charge on any atom is 0.349 e. The Kier molecular flexibility index (Phi) is 4.65. The summed E-state index contributed by atoms with van der Waals surface area (Å²) in [6.07, 6.45) is 3.16. The van der Waals surface area contributed by atoms with Crippen LogP contribution in [0.5, 0.6) is 0 Å². The molecule has 2 heterocycles. The third kappa shape index (κ3) is 3.60. The fourth-order valence-electron chi connectivity index (χ4n) is 2.74. The molecule has 1 unspecified atom stereocenters. The Morgan fingerprint density at radius 1 is 1.24 bits per heavy atom. The number of carbonyl (C=O) groups is 1. The molecule has 0 spiro atoms. The number of nitrogens with zero attached hydrogens (tertiary/aromatic N) is 3. The van der Waals surface area contributed by atoms with Crippen LogP contribution in [0.25, 0.3) is 5.52 Å². The number of fused-ring (bicyclic) bond motifs is 1. The van der Waals surface area contributed by atoms with Gasteiger partial charge >= 0.3 is 5.69 Å². The van der Waals surface area contributed by atoms with Crippen molar-refractivity contribution >= 4 is 11.4 Å². The fourth-order valence-corrected chi connectivity index (χ4v) is 2.74. The highest BCUT2D eigenvalue weighted by atomic mass is 19.1. The van der Waals surface area contributed by atoms with Crippen molar-refractivity contribution in [3.8, 4) is 0 Å². The molecule has 0 fully saturated rings. The third-order valence-electron chi connectivity index (χ3n) is 4.04. The van der Waals surface area contributed by atoms with Gasteiger partial charge in [-0.25, -0.2) is 13.9 Å². The molecule has 0 saturated heterocycles. The summed E-state index contributed by atoms with van der Waals surface area (Å²) < 4.78 is 15.7. The first-order valence-corrected chi connectivity index (χ1v) is 8.03. The lowest BCUT2D eigenvalue weighted by atomic mass is 9.96.